The van der Waals surface area contributed by atoms with Gasteiger partial charge in [-0.25, -0.2) is 0 Å². The van der Waals surface area contributed by atoms with Crippen LogP contribution in [-0.4, -0.2) is 30.1 Å². The molecule has 0 unspecified atom stereocenters. The summed E-state index contributed by atoms with van der Waals surface area (Å²) in [6, 6.07) is 10.9. The maximum Gasteiger partial charge on any atom is 0.270 e. The molecular weight excluding hydrogens is 400 g/mol. The van der Waals surface area contributed by atoms with Gasteiger partial charge in [-0.1, -0.05) is 12.1 Å². The Kier molecular flexibility index (Phi) is 6.52. The largest absolute Gasteiger partial charge is 0.494 e. The van der Waals surface area contributed by atoms with E-state index in [0.717, 1.165) is 11.1 Å². The van der Waals surface area contributed by atoms with Crippen LogP contribution in [0.25, 0.3) is 6.08 Å². The van der Waals surface area contributed by atoms with Crippen molar-refractivity contribution in [3.05, 3.63) is 58.7 Å². The van der Waals surface area contributed by atoms with Gasteiger partial charge in [-0.15, -0.1) is 0 Å². The van der Waals surface area contributed by atoms with Crippen LogP contribution in [0.2, 0.25) is 0 Å². The highest BCUT2D eigenvalue weighted by atomic mass is 32.1. The highest BCUT2D eigenvalue weighted by Gasteiger charge is 2.35. The van der Waals surface area contributed by atoms with Crippen LogP contribution in [-0.2, 0) is 9.59 Å². The maximum absolute atomic E-state index is 13.3. The summed E-state index contributed by atoms with van der Waals surface area (Å²) >= 11 is 5.30. The Morgan fingerprint density at radius 3 is 2.50 bits per heavy atom. The normalized spacial score (nSPS) is 15.4. The second-order valence-electron chi connectivity index (χ2n) is 6.74. The lowest BCUT2D eigenvalue weighted by Crippen LogP contribution is -2.54. The van der Waals surface area contributed by atoms with E-state index in [-0.39, 0.29) is 10.7 Å². The number of amides is 2. The molecule has 1 saturated heterocycles. The molecular formula is C23H24N2O4S. The molecule has 30 heavy (non-hydrogen) atoms. The Hall–Kier alpha value is -3.19. The minimum Gasteiger partial charge on any atom is -0.494 e. The number of thiocarbonyl (C=S) groups is 1. The predicted octanol–water partition coefficient (Wildman–Crippen LogP) is 3.93. The van der Waals surface area contributed by atoms with Crippen LogP contribution in [0.4, 0.5) is 5.69 Å². The highest BCUT2D eigenvalue weighted by Crippen LogP contribution is 2.30. The molecule has 0 spiro atoms. The number of nitrogens with zero attached hydrogens (tertiary/aromatic N) is 1. The van der Waals surface area contributed by atoms with Crippen molar-refractivity contribution < 1.29 is 19.1 Å². The molecule has 2 aromatic carbocycles. The minimum atomic E-state index is -0.539. The van der Waals surface area contributed by atoms with Crippen LogP contribution in [0.1, 0.15) is 30.5 Å². The molecule has 0 bridgehead atoms. The van der Waals surface area contributed by atoms with Crippen molar-refractivity contribution in [3.8, 4) is 11.5 Å². The van der Waals surface area contributed by atoms with E-state index >= 15 is 0 Å². The van der Waals surface area contributed by atoms with E-state index in [0.29, 0.717) is 36.0 Å². The van der Waals surface area contributed by atoms with E-state index in [2.05, 4.69) is 5.32 Å². The molecule has 3 rings (SSSR count). The van der Waals surface area contributed by atoms with Crippen molar-refractivity contribution in [2.75, 3.05) is 18.1 Å². The lowest BCUT2D eigenvalue weighted by molar-refractivity contribution is -0.122. The van der Waals surface area contributed by atoms with Crippen molar-refractivity contribution in [2.24, 2.45) is 0 Å². The number of aryl methyl sites for hydroxylation is 1. The number of carbonyl (C=O) groups excluding carboxylic acids is 2. The summed E-state index contributed by atoms with van der Waals surface area (Å²) in [5, 5.41) is 2.68. The fourth-order valence-electron chi connectivity index (χ4n) is 3.18. The molecule has 1 fully saturated rings. The van der Waals surface area contributed by atoms with Crippen LogP contribution in [0, 0.1) is 13.8 Å². The lowest BCUT2D eigenvalue weighted by Gasteiger charge is -2.30. The zero-order valence-electron chi connectivity index (χ0n) is 17.4. The van der Waals surface area contributed by atoms with Crippen LogP contribution < -0.4 is 19.7 Å². The van der Waals surface area contributed by atoms with Gasteiger partial charge in [0.25, 0.3) is 11.8 Å². The van der Waals surface area contributed by atoms with E-state index in [4.69, 9.17) is 21.7 Å². The molecule has 7 heteroatoms. The molecule has 1 N–H and O–H groups in total. The molecule has 1 aliphatic rings. The summed E-state index contributed by atoms with van der Waals surface area (Å²) < 4.78 is 11.2. The number of rotatable bonds is 6. The van der Waals surface area contributed by atoms with Gasteiger partial charge in [0.1, 0.15) is 17.1 Å². The van der Waals surface area contributed by atoms with Gasteiger partial charge in [0.05, 0.1) is 18.9 Å². The Bertz CT molecular complexity index is 1050. The second kappa shape index (κ2) is 9.09. The number of ether oxygens (including phenoxy) is 2. The average Bonchev–Trinajstić information content (AvgIpc) is 2.70. The van der Waals surface area contributed by atoms with E-state index in [1.807, 2.05) is 45.9 Å². The van der Waals surface area contributed by atoms with Crippen molar-refractivity contribution in [1.82, 2.24) is 5.32 Å². The van der Waals surface area contributed by atoms with Crippen LogP contribution in [0.5, 0.6) is 11.5 Å². The highest BCUT2D eigenvalue weighted by molar-refractivity contribution is 7.80. The van der Waals surface area contributed by atoms with Crippen molar-refractivity contribution in [2.45, 2.75) is 27.7 Å². The molecule has 2 amide bonds. The third-order valence-electron chi connectivity index (χ3n) is 4.81. The molecule has 0 saturated carbocycles. The lowest BCUT2D eigenvalue weighted by atomic mass is 10.0. The number of nitrogens with one attached hydrogen (secondary N) is 1. The zero-order chi connectivity index (χ0) is 21.8. The van der Waals surface area contributed by atoms with Gasteiger partial charge < -0.3 is 9.47 Å². The first-order valence-corrected chi connectivity index (χ1v) is 10.2. The molecule has 2 aromatic rings. The second-order valence-corrected chi connectivity index (χ2v) is 7.13. The van der Waals surface area contributed by atoms with Gasteiger partial charge >= 0.3 is 0 Å². The van der Waals surface area contributed by atoms with E-state index < -0.39 is 11.8 Å². The fraction of sp³-hybridized carbons (Fsp3) is 0.261. The van der Waals surface area contributed by atoms with E-state index in [1.54, 1.807) is 18.2 Å². The summed E-state index contributed by atoms with van der Waals surface area (Å²) in [5.41, 5.74) is 3.17. The van der Waals surface area contributed by atoms with Crippen LogP contribution in [0.15, 0.2) is 42.0 Å². The van der Waals surface area contributed by atoms with Crippen molar-refractivity contribution >= 4 is 40.9 Å². The standard InChI is InChI=1S/C23H24N2O4S/c1-5-28-17-11-10-16(20(13-17)29-6-2)12-18-21(26)24-23(30)25(22(18)27)19-9-7-8-14(3)15(19)4/h7-13H,5-6H2,1-4H3,(H,24,26,30)/b18-12+. The summed E-state index contributed by atoms with van der Waals surface area (Å²) in [5.74, 6) is 0.167. The first kappa shape index (κ1) is 21.5. The average molecular weight is 425 g/mol. The van der Waals surface area contributed by atoms with Gasteiger partial charge in [0.15, 0.2) is 5.11 Å². The first-order valence-electron chi connectivity index (χ1n) is 9.74. The zero-order valence-corrected chi connectivity index (χ0v) is 18.3. The van der Waals surface area contributed by atoms with E-state index in [1.165, 1.54) is 11.0 Å². The number of carbonyl (C=O) groups is 2. The predicted molar refractivity (Wildman–Crippen MR) is 121 cm³/mol. The van der Waals surface area contributed by atoms with Crippen molar-refractivity contribution in [1.29, 1.82) is 0 Å². The van der Waals surface area contributed by atoms with Crippen LogP contribution in [0.3, 0.4) is 0 Å². The number of benzene rings is 2. The number of anilines is 1. The van der Waals surface area contributed by atoms with Gasteiger partial charge in [0, 0.05) is 11.6 Å². The summed E-state index contributed by atoms with van der Waals surface area (Å²) in [6.07, 6.45) is 1.53. The molecule has 6 nitrogen and oxygen atoms in total. The van der Waals surface area contributed by atoms with Gasteiger partial charge in [0.2, 0.25) is 0 Å². The Balaban J connectivity index is 2.06. The summed E-state index contributed by atoms with van der Waals surface area (Å²) in [7, 11) is 0. The Morgan fingerprint density at radius 1 is 1.07 bits per heavy atom. The molecule has 0 aromatic heterocycles. The molecule has 1 heterocycles. The topological polar surface area (TPSA) is 67.9 Å². The minimum absolute atomic E-state index is 0.0189. The quantitative estimate of drug-likeness (QED) is 0.432. The molecule has 1 aliphatic heterocycles. The Labute approximate surface area is 181 Å². The van der Waals surface area contributed by atoms with E-state index in [9.17, 15) is 9.59 Å². The smallest absolute Gasteiger partial charge is 0.270 e. The van der Waals surface area contributed by atoms with Gasteiger partial charge in [-0.3, -0.25) is 19.8 Å². The summed E-state index contributed by atoms with van der Waals surface area (Å²) in [4.78, 5) is 27.3. The fourth-order valence-corrected chi connectivity index (χ4v) is 3.45. The monoisotopic (exact) mass is 424 g/mol. The maximum atomic E-state index is 13.3. The number of hydrogen-bond donors (Lipinski definition) is 1. The van der Waals surface area contributed by atoms with Gasteiger partial charge in [-0.05, 0) is 75.3 Å². The SMILES string of the molecule is CCOc1ccc(/C=C2\C(=O)NC(=S)N(c3cccc(C)c3C)C2=O)c(OCC)c1. The van der Waals surface area contributed by atoms with Crippen molar-refractivity contribution in [3.63, 3.8) is 0 Å². The third kappa shape index (κ3) is 4.21. The van der Waals surface area contributed by atoms with Gasteiger partial charge in [-0.2, -0.15) is 0 Å². The molecule has 0 radical (unpaired) electrons. The summed E-state index contributed by atoms with van der Waals surface area (Å²) in [6.45, 7) is 8.59. The molecule has 0 atom stereocenters. The number of hydrogen-bond acceptors (Lipinski definition) is 5. The first-order chi connectivity index (χ1) is 14.4. The Morgan fingerprint density at radius 2 is 1.80 bits per heavy atom. The molecule has 0 aliphatic carbocycles. The third-order valence-corrected chi connectivity index (χ3v) is 5.10. The molecule has 156 valence electrons. The van der Waals surface area contributed by atoms with Crippen LogP contribution >= 0.6 is 12.2 Å².